The van der Waals surface area contributed by atoms with Crippen molar-refractivity contribution in [3.8, 4) is 0 Å². The minimum Gasteiger partial charge on any atom is -0.329 e. The zero-order valence-corrected chi connectivity index (χ0v) is 10.4. The lowest BCUT2D eigenvalue weighted by Gasteiger charge is -2.02. The van der Waals surface area contributed by atoms with Crippen molar-refractivity contribution in [2.45, 2.75) is 5.16 Å². The van der Waals surface area contributed by atoms with Gasteiger partial charge in [0.1, 0.15) is 0 Å². The second-order valence-electron chi connectivity index (χ2n) is 3.56. The third-order valence-electron chi connectivity index (χ3n) is 2.10. The maximum Gasteiger partial charge on any atom is 0.234 e. The number of nitrogens with zero attached hydrogens (tertiary/aromatic N) is 4. The Morgan fingerprint density at radius 2 is 2.35 bits per heavy atom. The first kappa shape index (κ1) is 11.7. The van der Waals surface area contributed by atoms with E-state index < -0.39 is 0 Å². The Kier molecular flexibility index (Phi) is 3.48. The van der Waals surface area contributed by atoms with E-state index in [2.05, 4.69) is 15.4 Å². The molecule has 0 saturated carbocycles. The maximum absolute atomic E-state index is 11.6. The molecule has 0 saturated heterocycles. The summed E-state index contributed by atoms with van der Waals surface area (Å²) in [4.78, 5) is 15.8. The molecular formula is C10H13N5OS. The molecule has 0 fully saturated rings. The van der Waals surface area contributed by atoms with Crippen molar-refractivity contribution in [2.75, 3.05) is 11.1 Å². The minimum absolute atomic E-state index is 0.0639. The first-order valence-electron chi connectivity index (χ1n) is 5.04. The highest BCUT2D eigenvalue weighted by Crippen LogP contribution is 2.14. The van der Waals surface area contributed by atoms with E-state index in [4.69, 9.17) is 0 Å². The van der Waals surface area contributed by atoms with Gasteiger partial charge in [0.25, 0.3) is 0 Å². The minimum atomic E-state index is -0.0639. The maximum atomic E-state index is 11.6. The van der Waals surface area contributed by atoms with Crippen LogP contribution in [0.2, 0.25) is 0 Å². The Balaban J connectivity index is 1.84. The van der Waals surface area contributed by atoms with Crippen molar-refractivity contribution in [1.82, 2.24) is 19.3 Å². The lowest BCUT2D eigenvalue weighted by molar-refractivity contribution is -0.113. The second-order valence-corrected chi connectivity index (χ2v) is 4.50. The summed E-state index contributed by atoms with van der Waals surface area (Å²) >= 11 is 1.40. The SMILES string of the molecule is Cn1cc(NC(=O)CSc2nccn2C)cn1. The van der Waals surface area contributed by atoms with Gasteiger partial charge >= 0.3 is 0 Å². The van der Waals surface area contributed by atoms with Gasteiger partial charge in [0, 0.05) is 32.7 Å². The summed E-state index contributed by atoms with van der Waals surface area (Å²) in [6.45, 7) is 0. The lowest BCUT2D eigenvalue weighted by atomic mass is 10.5. The van der Waals surface area contributed by atoms with E-state index in [1.54, 1.807) is 30.3 Å². The molecule has 0 aliphatic carbocycles. The Bertz CT molecular complexity index is 518. The number of carbonyl (C=O) groups is 1. The quantitative estimate of drug-likeness (QED) is 0.819. The molecule has 2 heterocycles. The van der Waals surface area contributed by atoms with Gasteiger partial charge in [0.05, 0.1) is 17.6 Å². The number of carbonyl (C=O) groups excluding carboxylic acids is 1. The number of rotatable bonds is 4. The van der Waals surface area contributed by atoms with Crippen LogP contribution in [0.1, 0.15) is 0 Å². The first-order valence-corrected chi connectivity index (χ1v) is 6.02. The van der Waals surface area contributed by atoms with Crippen LogP contribution in [0.15, 0.2) is 29.9 Å². The molecular weight excluding hydrogens is 238 g/mol. The van der Waals surface area contributed by atoms with Crippen LogP contribution in [0, 0.1) is 0 Å². The number of hydrogen-bond donors (Lipinski definition) is 1. The van der Waals surface area contributed by atoms with Gasteiger partial charge in [-0.25, -0.2) is 4.98 Å². The Hall–Kier alpha value is -1.76. The number of aromatic nitrogens is 4. The van der Waals surface area contributed by atoms with Crippen molar-refractivity contribution >= 4 is 23.4 Å². The third kappa shape index (κ3) is 3.10. The zero-order valence-electron chi connectivity index (χ0n) is 9.62. The van der Waals surface area contributed by atoms with E-state index in [0.717, 1.165) is 5.16 Å². The van der Waals surface area contributed by atoms with Crippen molar-refractivity contribution in [3.63, 3.8) is 0 Å². The standard InChI is InChI=1S/C10H13N5OS/c1-14-4-3-11-10(14)17-7-9(16)13-8-5-12-15(2)6-8/h3-6H,7H2,1-2H3,(H,13,16). The summed E-state index contributed by atoms with van der Waals surface area (Å²) in [6.07, 6.45) is 6.93. The highest BCUT2D eigenvalue weighted by Gasteiger charge is 2.07. The molecule has 0 bridgehead atoms. The van der Waals surface area contributed by atoms with Crippen LogP contribution in [0.25, 0.3) is 0 Å². The molecule has 6 nitrogen and oxygen atoms in total. The van der Waals surface area contributed by atoms with Crippen molar-refractivity contribution < 1.29 is 4.79 Å². The summed E-state index contributed by atoms with van der Waals surface area (Å²) in [7, 11) is 3.70. The van der Waals surface area contributed by atoms with Crippen molar-refractivity contribution in [1.29, 1.82) is 0 Å². The van der Waals surface area contributed by atoms with Gasteiger partial charge in [-0.2, -0.15) is 5.10 Å². The highest BCUT2D eigenvalue weighted by atomic mass is 32.2. The monoisotopic (exact) mass is 251 g/mol. The predicted octanol–water partition coefficient (Wildman–Crippen LogP) is 0.884. The van der Waals surface area contributed by atoms with E-state index in [0.29, 0.717) is 11.4 Å². The molecule has 0 aliphatic rings. The molecule has 0 aliphatic heterocycles. The van der Waals surface area contributed by atoms with Gasteiger partial charge in [0.15, 0.2) is 5.16 Å². The van der Waals surface area contributed by atoms with Crippen LogP contribution in [-0.2, 0) is 18.9 Å². The van der Waals surface area contributed by atoms with Crippen LogP contribution in [0.3, 0.4) is 0 Å². The van der Waals surface area contributed by atoms with Crippen LogP contribution in [0.4, 0.5) is 5.69 Å². The summed E-state index contributed by atoms with van der Waals surface area (Å²) in [5.41, 5.74) is 0.706. The molecule has 17 heavy (non-hydrogen) atoms. The van der Waals surface area contributed by atoms with Crippen LogP contribution in [0.5, 0.6) is 0 Å². The Morgan fingerprint density at radius 3 is 2.94 bits per heavy atom. The molecule has 1 N–H and O–H groups in total. The van der Waals surface area contributed by atoms with E-state index in [1.807, 2.05) is 17.8 Å². The topological polar surface area (TPSA) is 64.7 Å². The largest absolute Gasteiger partial charge is 0.329 e. The fourth-order valence-corrected chi connectivity index (χ4v) is 2.04. The van der Waals surface area contributed by atoms with Gasteiger partial charge in [-0.3, -0.25) is 9.48 Å². The highest BCUT2D eigenvalue weighted by molar-refractivity contribution is 7.99. The molecule has 0 spiro atoms. The van der Waals surface area contributed by atoms with Gasteiger partial charge in [-0.1, -0.05) is 11.8 Å². The van der Waals surface area contributed by atoms with E-state index >= 15 is 0 Å². The number of hydrogen-bond acceptors (Lipinski definition) is 4. The fraction of sp³-hybridized carbons (Fsp3) is 0.300. The second kappa shape index (κ2) is 5.05. The van der Waals surface area contributed by atoms with Gasteiger partial charge in [0.2, 0.25) is 5.91 Å². The molecule has 0 unspecified atom stereocenters. The summed E-state index contributed by atoms with van der Waals surface area (Å²) in [5.74, 6) is 0.269. The van der Waals surface area contributed by atoms with Gasteiger partial charge in [-0.15, -0.1) is 0 Å². The average molecular weight is 251 g/mol. The smallest absolute Gasteiger partial charge is 0.234 e. The molecule has 0 atom stereocenters. The number of nitrogens with one attached hydrogen (secondary N) is 1. The van der Waals surface area contributed by atoms with Crippen molar-refractivity contribution in [2.24, 2.45) is 14.1 Å². The molecule has 0 aromatic carbocycles. The first-order chi connectivity index (χ1) is 8.15. The molecule has 2 aromatic heterocycles. The van der Waals surface area contributed by atoms with Gasteiger partial charge < -0.3 is 9.88 Å². The number of aryl methyl sites for hydroxylation is 2. The number of anilines is 1. The molecule has 2 rings (SSSR count). The summed E-state index contributed by atoms with van der Waals surface area (Å²) < 4.78 is 3.52. The molecule has 90 valence electrons. The van der Waals surface area contributed by atoms with E-state index in [1.165, 1.54) is 11.8 Å². The van der Waals surface area contributed by atoms with Crippen LogP contribution in [-0.4, -0.2) is 31.0 Å². The zero-order chi connectivity index (χ0) is 12.3. The summed E-state index contributed by atoms with van der Waals surface area (Å²) in [6, 6.07) is 0. The van der Waals surface area contributed by atoms with Crippen molar-refractivity contribution in [3.05, 3.63) is 24.8 Å². The van der Waals surface area contributed by atoms with E-state index in [-0.39, 0.29) is 5.91 Å². The Morgan fingerprint density at radius 1 is 1.53 bits per heavy atom. The van der Waals surface area contributed by atoms with Gasteiger partial charge in [-0.05, 0) is 0 Å². The number of amides is 1. The van der Waals surface area contributed by atoms with E-state index in [9.17, 15) is 4.79 Å². The normalized spacial score (nSPS) is 10.5. The predicted molar refractivity (Wildman–Crippen MR) is 65.8 cm³/mol. The fourth-order valence-electron chi connectivity index (χ4n) is 1.30. The average Bonchev–Trinajstić information content (AvgIpc) is 2.85. The Labute approximate surface area is 103 Å². The third-order valence-corrected chi connectivity index (χ3v) is 3.16. The molecule has 7 heteroatoms. The molecule has 1 amide bonds. The summed E-state index contributed by atoms with van der Waals surface area (Å²) in [5, 5.41) is 7.56. The van der Waals surface area contributed by atoms with Crippen LogP contribution >= 0.6 is 11.8 Å². The lowest BCUT2D eigenvalue weighted by Crippen LogP contribution is -2.14. The molecule has 2 aromatic rings. The van der Waals surface area contributed by atoms with Crippen LogP contribution < -0.4 is 5.32 Å². The number of imidazole rings is 1. The molecule has 0 radical (unpaired) electrons. The number of thioether (sulfide) groups is 1.